The van der Waals surface area contributed by atoms with Crippen LogP contribution in [0.25, 0.3) is 0 Å². The van der Waals surface area contributed by atoms with E-state index in [4.69, 9.17) is 4.74 Å². The summed E-state index contributed by atoms with van der Waals surface area (Å²) < 4.78 is 29.2. The molecular formula is C22H21NO4S. The number of hydrogen-bond donors (Lipinski definition) is 1. The molecule has 0 saturated heterocycles. The van der Waals surface area contributed by atoms with E-state index in [-0.39, 0.29) is 23.5 Å². The van der Waals surface area contributed by atoms with E-state index < -0.39 is 9.84 Å². The maximum absolute atomic E-state index is 12.4. The lowest BCUT2D eigenvalue weighted by atomic mass is 10.0. The van der Waals surface area contributed by atoms with Gasteiger partial charge in [0, 0.05) is 11.9 Å². The van der Waals surface area contributed by atoms with Gasteiger partial charge in [-0.05, 0) is 29.3 Å². The van der Waals surface area contributed by atoms with Gasteiger partial charge in [-0.2, -0.15) is 0 Å². The minimum atomic E-state index is -3.34. The van der Waals surface area contributed by atoms with E-state index in [1.165, 1.54) is 12.1 Å². The Bertz CT molecular complexity index is 995. The zero-order valence-corrected chi connectivity index (χ0v) is 16.2. The van der Waals surface area contributed by atoms with Gasteiger partial charge in [-0.3, -0.25) is 4.79 Å². The lowest BCUT2D eigenvalue weighted by Gasteiger charge is -2.19. The van der Waals surface area contributed by atoms with Gasteiger partial charge >= 0.3 is 0 Å². The van der Waals surface area contributed by atoms with Crippen LogP contribution in [0.4, 0.5) is 5.69 Å². The number of amides is 1. The molecule has 3 aromatic carbocycles. The number of ether oxygens (including phenoxy) is 1. The number of nitrogens with one attached hydrogen (secondary N) is 1. The highest BCUT2D eigenvalue weighted by Crippen LogP contribution is 2.25. The summed E-state index contributed by atoms with van der Waals surface area (Å²) in [4.78, 5) is 12.5. The molecule has 0 aliphatic carbocycles. The normalized spacial score (nSPS) is 11.4. The fourth-order valence-electron chi connectivity index (χ4n) is 2.80. The number of rotatable bonds is 7. The number of hydrogen-bond acceptors (Lipinski definition) is 4. The van der Waals surface area contributed by atoms with Gasteiger partial charge in [0.15, 0.2) is 9.84 Å². The van der Waals surface area contributed by atoms with Crippen LogP contribution in [-0.4, -0.2) is 27.2 Å². The fraction of sp³-hybridized carbons (Fsp3) is 0.136. The van der Waals surface area contributed by atoms with Gasteiger partial charge in [-0.1, -0.05) is 66.7 Å². The maximum atomic E-state index is 12.4. The first-order chi connectivity index (χ1) is 13.4. The van der Waals surface area contributed by atoms with Crippen molar-refractivity contribution in [3.63, 3.8) is 0 Å². The first-order valence-corrected chi connectivity index (χ1v) is 10.6. The second-order valence-corrected chi connectivity index (χ2v) is 8.38. The van der Waals surface area contributed by atoms with Gasteiger partial charge in [0.25, 0.3) is 0 Å². The van der Waals surface area contributed by atoms with Crippen LogP contribution in [0.2, 0.25) is 0 Å². The van der Waals surface area contributed by atoms with Gasteiger partial charge in [0.2, 0.25) is 5.91 Å². The highest BCUT2D eigenvalue weighted by molar-refractivity contribution is 7.90. The van der Waals surface area contributed by atoms with Crippen molar-refractivity contribution in [1.29, 1.82) is 0 Å². The molecule has 1 N–H and O–H groups in total. The summed E-state index contributed by atoms with van der Waals surface area (Å²) >= 11 is 0. The number of anilines is 1. The zero-order chi connectivity index (χ0) is 20.0. The number of carbonyl (C=O) groups is 1. The lowest BCUT2D eigenvalue weighted by molar-refractivity contribution is -0.121. The first kappa shape index (κ1) is 19.8. The molecule has 0 saturated carbocycles. The van der Waals surface area contributed by atoms with E-state index in [1.807, 2.05) is 60.7 Å². The van der Waals surface area contributed by atoms with E-state index >= 15 is 0 Å². The van der Waals surface area contributed by atoms with Crippen molar-refractivity contribution in [2.75, 3.05) is 18.2 Å². The van der Waals surface area contributed by atoms with E-state index in [1.54, 1.807) is 12.1 Å². The van der Waals surface area contributed by atoms with Crippen LogP contribution >= 0.6 is 0 Å². The van der Waals surface area contributed by atoms with Gasteiger partial charge in [-0.15, -0.1) is 0 Å². The van der Waals surface area contributed by atoms with E-state index in [2.05, 4.69) is 5.32 Å². The molecule has 5 nitrogen and oxygen atoms in total. The Morgan fingerprint density at radius 2 is 1.46 bits per heavy atom. The molecule has 0 radical (unpaired) electrons. The molecule has 0 unspecified atom stereocenters. The predicted molar refractivity (Wildman–Crippen MR) is 109 cm³/mol. The average molecular weight is 395 g/mol. The molecule has 0 heterocycles. The number of sulfone groups is 1. The van der Waals surface area contributed by atoms with Gasteiger partial charge in [0.05, 0.1) is 4.90 Å². The largest absolute Gasteiger partial charge is 0.359 e. The molecule has 0 spiro atoms. The molecule has 3 aromatic rings. The van der Waals surface area contributed by atoms with Crippen LogP contribution in [0.3, 0.4) is 0 Å². The van der Waals surface area contributed by atoms with Crippen molar-refractivity contribution in [3.8, 4) is 0 Å². The summed E-state index contributed by atoms with van der Waals surface area (Å²) in [5.74, 6) is -0.359. The van der Waals surface area contributed by atoms with Gasteiger partial charge in [-0.25, -0.2) is 8.42 Å². The molecule has 3 rings (SSSR count). The minimum absolute atomic E-state index is 0.151. The van der Waals surface area contributed by atoms with Crippen molar-refractivity contribution in [2.24, 2.45) is 0 Å². The Labute approximate surface area is 164 Å². The third-order valence-electron chi connectivity index (χ3n) is 4.13. The molecule has 0 aromatic heterocycles. The van der Waals surface area contributed by atoms with Crippen LogP contribution in [-0.2, 0) is 19.4 Å². The first-order valence-electron chi connectivity index (χ1n) is 8.75. The second kappa shape index (κ2) is 8.82. The summed E-state index contributed by atoms with van der Waals surface area (Å²) in [5, 5.41) is 2.68. The van der Waals surface area contributed by atoms with Gasteiger partial charge in [0.1, 0.15) is 12.7 Å². The van der Waals surface area contributed by atoms with Crippen LogP contribution in [0.15, 0.2) is 89.8 Å². The smallest absolute Gasteiger partial charge is 0.250 e. The van der Waals surface area contributed by atoms with Crippen molar-refractivity contribution >= 4 is 21.4 Å². The molecule has 6 heteroatoms. The number of benzene rings is 3. The average Bonchev–Trinajstić information content (AvgIpc) is 2.69. The molecule has 0 bridgehead atoms. The summed E-state index contributed by atoms with van der Waals surface area (Å²) in [7, 11) is -3.34. The topological polar surface area (TPSA) is 72.5 Å². The van der Waals surface area contributed by atoms with Gasteiger partial charge < -0.3 is 10.1 Å². The Morgan fingerprint density at radius 3 is 2.00 bits per heavy atom. The fourth-order valence-corrected chi connectivity index (χ4v) is 3.47. The summed E-state index contributed by atoms with van der Waals surface area (Å²) in [6.45, 7) is -0.169. The molecular weight excluding hydrogens is 374 g/mol. The highest BCUT2D eigenvalue weighted by Gasteiger charge is 2.16. The van der Waals surface area contributed by atoms with Crippen molar-refractivity contribution in [3.05, 3.63) is 96.1 Å². The highest BCUT2D eigenvalue weighted by atomic mass is 32.2. The van der Waals surface area contributed by atoms with Crippen molar-refractivity contribution in [2.45, 2.75) is 11.0 Å². The number of carbonyl (C=O) groups excluding carboxylic acids is 1. The van der Waals surface area contributed by atoms with E-state index in [9.17, 15) is 13.2 Å². The molecule has 0 aliphatic rings. The molecule has 28 heavy (non-hydrogen) atoms. The second-order valence-electron chi connectivity index (χ2n) is 6.36. The molecule has 0 atom stereocenters. The quantitative estimate of drug-likeness (QED) is 0.660. The Balaban J connectivity index is 1.71. The monoisotopic (exact) mass is 395 g/mol. The maximum Gasteiger partial charge on any atom is 0.250 e. The summed E-state index contributed by atoms with van der Waals surface area (Å²) in [6.07, 6.45) is 0.747. The molecule has 144 valence electrons. The molecule has 1 amide bonds. The summed E-state index contributed by atoms with van der Waals surface area (Å²) in [5.41, 5.74) is 2.30. The van der Waals surface area contributed by atoms with Crippen molar-refractivity contribution in [1.82, 2.24) is 0 Å². The third kappa shape index (κ3) is 5.28. The van der Waals surface area contributed by atoms with Crippen LogP contribution < -0.4 is 5.32 Å². The Hall–Kier alpha value is -2.96. The predicted octanol–water partition coefficient (Wildman–Crippen LogP) is 3.83. The standard InChI is InChI=1S/C22H21NO4S/c1-28(25,26)20-14-8-13-19(15-20)23-21(24)16-27-22(17-9-4-2-5-10-17)18-11-6-3-7-12-18/h2-15,22H,16H2,1H3,(H,23,24). The van der Waals surface area contributed by atoms with Crippen molar-refractivity contribution < 1.29 is 17.9 Å². The van der Waals surface area contributed by atoms with Crippen LogP contribution in [0.5, 0.6) is 0 Å². The zero-order valence-electron chi connectivity index (χ0n) is 15.4. The van der Waals surface area contributed by atoms with E-state index in [0.29, 0.717) is 5.69 Å². The minimum Gasteiger partial charge on any atom is -0.359 e. The van der Waals surface area contributed by atoms with E-state index in [0.717, 1.165) is 17.4 Å². The molecule has 0 fully saturated rings. The molecule has 0 aliphatic heterocycles. The lowest BCUT2D eigenvalue weighted by Crippen LogP contribution is -2.20. The Morgan fingerprint density at radius 1 is 0.893 bits per heavy atom. The SMILES string of the molecule is CS(=O)(=O)c1cccc(NC(=O)COC(c2ccccc2)c2ccccc2)c1. The van der Waals surface area contributed by atoms with Crippen LogP contribution in [0.1, 0.15) is 17.2 Å². The summed E-state index contributed by atoms with van der Waals surface area (Å²) in [6, 6.07) is 25.5. The van der Waals surface area contributed by atoms with Crippen LogP contribution in [0, 0.1) is 0 Å². The third-order valence-corrected chi connectivity index (χ3v) is 5.24. The Kier molecular flexibility index (Phi) is 6.23.